The van der Waals surface area contributed by atoms with Gasteiger partial charge in [-0.15, -0.1) is 0 Å². The zero-order chi connectivity index (χ0) is 17.6. The summed E-state index contributed by atoms with van der Waals surface area (Å²) < 4.78 is 43.4. The van der Waals surface area contributed by atoms with Gasteiger partial charge < -0.3 is 4.74 Å². The van der Waals surface area contributed by atoms with Crippen LogP contribution in [0.25, 0.3) is 0 Å². The molecular weight excluding hydrogens is 311 g/mol. The molecule has 1 saturated heterocycles. The molecule has 1 aliphatic heterocycles. The van der Waals surface area contributed by atoms with E-state index in [2.05, 4.69) is 0 Å². The number of amides is 2. The molecule has 0 radical (unpaired) electrons. The van der Waals surface area contributed by atoms with E-state index in [-0.39, 0.29) is 17.7 Å². The molecule has 23 heavy (non-hydrogen) atoms. The van der Waals surface area contributed by atoms with Crippen LogP contribution in [-0.2, 0) is 9.53 Å². The van der Waals surface area contributed by atoms with Crippen molar-refractivity contribution >= 4 is 12.0 Å². The van der Waals surface area contributed by atoms with Gasteiger partial charge in [-0.1, -0.05) is 19.1 Å². The summed E-state index contributed by atoms with van der Waals surface area (Å²) in [4.78, 5) is 25.4. The molecule has 0 saturated carbocycles. The van der Waals surface area contributed by atoms with Gasteiger partial charge in [-0.2, -0.15) is 13.2 Å². The number of hydrogen-bond acceptors (Lipinski definition) is 3. The number of alkyl halides is 3. The molecule has 0 N–H and O–H groups in total. The summed E-state index contributed by atoms with van der Waals surface area (Å²) in [6.07, 6.45) is -0.827. The quantitative estimate of drug-likeness (QED) is 0.632. The molecule has 126 valence electrons. The topological polar surface area (TPSA) is 46.6 Å². The van der Waals surface area contributed by atoms with Crippen LogP contribution in [0.3, 0.4) is 0 Å². The first-order valence-corrected chi connectivity index (χ1v) is 7.16. The second-order valence-corrected chi connectivity index (χ2v) is 6.58. The van der Waals surface area contributed by atoms with E-state index in [1.165, 1.54) is 6.08 Å². The summed E-state index contributed by atoms with van der Waals surface area (Å²) in [5.74, 6) is -2.12. The van der Waals surface area contributed by atoms with Crippen molar-refractivity contribution in [2.75, 3.05) is 0 Å². The zero-order valence-electron chi connectivity index (χ0n) is 13.3. The number of likely N-dealkylation sites (tertiary alicyclic amines) is 1. The first-order valence-electron chi connectivity index (χ1n) is 7.16. The summed E-state index contributed by atoms with van der Waals surface area (Å²) in [5.41, 5.74) is -1.08. The van der Waals surface area contributed by atoms with E-state index in [0.29, 0.717) is 4.90 Å². The number of imide groups is 1. The maximum absolute atomic E-state index is 12.8. The van der Waals surface area contributed by atoms with Crippen molar-refractivity contribution in [2.45, 2.75) is 39.5 Å². The molecule has 2 unspecified atom stereocenters. The van der Waals surface area contributed by atoms with Crippen LogP contribution < -0.4 is 0 Å². The number of carbonyl (C=O) groups excluding carboxylic acids is 2. The molecule has 0 aromatic carbocycles. The molecule has 0 aromatic rings. The van der Waals surface area contributed by atoms with E-state index >= 15 is 0 Å². The number of allylic oxidation sites excluding steroid dienone is 5. The molecule has 1 fully saturated rings. The Morgan fingerprint density at radius 3 is 2.43 bits per heavy atom. The lowest BCUT2D eigenvalue weighted by molar-refractivity contribution is -0.124. The first-order chi connectivity index (χ1) is 10.4. The number of nitrogens with zero attached hydrogens (tertiary/aromatic N) is 1. The van der Waals surface area contributed by atoms with Gasteiger partial charge in [-0.3, -0.25) is 4.79 Å². The van der Waals surface area contributed by atoms with E-state index in [4.69, 9.17) is 4.74 Å². The van der Waals surface area contributed by atoms with Crippen molar-refractivity contribution in [3.05, 3.63) is 35.6 Å². The number of carbonyl (C=O) groups is 2. The minimum Gasteiger partial charge on any atom is -0.443 e. The van der Waals surface area contributed by atoms with Gasteiger partial charge in [-0.05, 0) is 32.8 Å². The highest BCUT2D eigenvalue weighted by Crippen LogP contribution is 2.43. The predicted molar refractivity (Wildman–Crippen MR) is 77.1 cm³/mol. The summed E-state index contributed by atoms with van der Waals surface area (Å²) in [5, 5.41) is 0. The van der Waals surface area contributed by atoms with E-state index in [1.807, 2.05) is 0 Å². The summed E-state index contributed by atoms with van der Waals surface area (Å²) in [6, 6.07) is 0. The summed E-state index contributed by atoms with van der Waals surface area (Å²) in [7, 11) is 0. The molecule has 2 rings (SSSR count). The lowest BCUT2D eigenvalue weighted by Gasteiger charge is -2.26. The van der Waals surface area contributed by atoms with Gasteiger partial charge >= 0.3 is 12.3 Å². The number of hydrogen-bond donors (Lipinski definition) is 0. The fourth-order valence-corrected chi connectivity index (χ4v) is 2.67. The molecule has 2 aliphatic rings. The average Bonchev–Trinajstić information content (AvgIpc) is 2.59. The van der Waals surface area contributed by atoms with Crippen molar-refractivity contribution < 1.29 is 27.5 Å². The fourth-order valence-electron chi connectivity index (χ4n) is 2.67. The van der Waals surface area contributed by atoms with Gasteiger partial charge in [-0.25, -0.2) is 9.69 Å². The maximum Gasteiger partial charge on any atom is 0.421 e. The summed E-state index contributed by atoms with van der Waals surface area (Å²) in [6.45, 7) is 6.55. The van der Waals surface area contributed by atoms with Crippen molar-refractivity contribution in [1.29, 1.82) is 0 Å². The third-order valence-electron chi connectivity index (χ3n) is 3.46. The van der Waals surface area contributed by atoms with Gasteiger partial charge in [0.25, 0.3) is 5.91 Å². The van der Waals surface area contributed by atoms with Crippen molar-refractivity contribution in [1.82, 2.24) is 4.90 Å². The lowest BCUT2D eigenvalue weighted by Crippen LogP contribution is -2.37. The van der Waals surface area contributed by atoms with Crippen LogP contribution in [0.2, 0.25) is 0 Å². The normalized spacial score (nSPS) is 26.4. The van der Waals surface area contributed by atoms with Crippen LogP contribution >= 0.6 is 0 Å². The van der Waals surface area contributed by atoms with Crippen LogP contribution in [-0.4, -0.2) is 28.7 Å². The third-order valence-corrected chi connectivity index (χ3v) is 3.46. The van der Waals surface area contributed by atoms with E-state index in [1.54, 1.807) is 39.8 Å². The smallest absolute Gasteiger partial charge is 0.421 e. The van der Waals surface area contributed by atoms with Crippen molar-refractivity contribution in [3.63, 3.8) is 0 Å². The van der Waals surface area contributed by atoms with Crippen LogP contribution in [0.4, 0.5) is 18.0 Å². The van der Waals surface area contributed by atoms with Crippen LogP contribution in [0.15, 0.2) is 35.6 Å². The highest BCUT2D eigenvalue weighted by Gasteiger charge is 2.48. The Morgan fingerprint density at radius 1 is 1.30 bits per heavy atom. The first kappa shape index (κ1) is 17.3. The van der Waals surface area contributed by atoms with E-state index in [0.717, 1.165) is 0 Å². The highest BCUT2D eigenvalue weighted by molar-refractivity contribution is 6.08. The second kappa shape index (κ2) is 5.54. The zero-order valence-corrected chi connectivity index (χ0v) is 13.3. The highest BCUT2D eigenvalue weighted by atomic mass is 19.4. The number of fused-ring (bicyclic) bond motifs is 1. The largest absolute Gasteiger partial charge is 0.443 e. The Kier molecular flexibility index (Phi) is 4.17. The van der Waals surface area contributed by atoms with Gasteiger partial charge in [0, 0.05) is 23.3 Å². The molecule has 0 bridgehead atoms. The maximum atomic E-state index is 12.8. The van der Waals surface area contributed by atoms with E-state index < -0.39 is 35.3 Å². The minimum absolute atomic E-state index is 0.0200. The monoisotopic (exact) mass is 329 g/mol. The lowest BCUT2D eigenvalue weighted by atomic mass is 9.83. The standard InChI is InChI=1S/C16H18F3NO3/c1-9-6-5-7-11-12(9)10(8-16(17,18)19)13(21)20(11)14(22)23-15(2,3)4/h5-9,12H,1-4H3/b10-8+. The van der Waals surface area contributed by atoms with Crippen molar-refractivity contribution in [2.24, 2.45) is 11.8 Å². The Hall–Kier alpha value is -2.05. The molecule has 0 aromatic heterocycles. The van der Waals surface area contributed by atoms with Crippen LogP contribution in [0, 0.1) is 11.8 Å². The van der Waals surface area contributed by atoms with Gasteiger partial charge in [0.05, 0.1) is 0 Å². The Balaban J connectivity index is 2.47. The number of ether oxygens (including phenoxy) is 1. The average molecular weight is 329 g/mol. The molecule has 7 heteroatoms. The number of rotatable bonds is 0. The second-order valence-electron chi connectivity index (χ2n) is 6.58. The Bertz CT molecular complexity index is 623. The molecule has 1 heterocycles. The summed E-state index contributed by atoms with van der Waals surface area (Å²) >= 11 is 0. The Labute approximate surface area is 132 Å². The minimum atomic E-state index is -4.64. The molecule has 2 atom stereocenters. The molecule has 0 spiro atoms. The van der Waals surface area contributed by atoms with Crippen LogP contribution in [0.1, 0.15) is 27.7 Å². The molecule has 1 aliphatic carbocycles. The fraction of sp³-hybridized carbons (Fsp3) is 0.500. The molecular formula is C16H18F3NO3. The molecule has 2 amide bonds. The third kappa shape index (κ3) is 3.65. The van der Waals surface area contributed by atoms with Gasteiger partial charge in [0.15, 0.2) is 0 Å². The van der Waals surface area contributed by atoms with E-state index in [9.17, 15) is 22.8 Å². The SMILES string of the molecule is CC1C=CC=C2C1/C(=C\C(F)(F)F)C(=O)N2C(=O)OC(C)(C)C. The number of halogens is 3. The predicted octanol–water partition coefficient (Wildman–Crippen LogP) is 3.96. The van der Waals surface area contributed by atoms with Crippen molar-refractivity contribution in [3.8, 4) is 0 Å². The van der Waals surface area contributed by atoms with Crippen LogP contribution in [0.5, 0.6) is 0 Å². The Morgan fingerprint density at radius 2 is 1.91 bits per heavy atom. The molecule has 4 nitrogen and oxygen atoms in total. The van der Waals surface area contributed by atoms with Gasteiger partial charge in [0.2, 0.25) is 0 Å². The van der Waals surface area contributed by atoms with Gasteiger partial charge in [0.1, 0.15) is 5.60 Å².